The molecule has 1 aliphatic heterocycles. The Morgan fingerprint density at radius 1 is 1.65 bits per heavy atom. The summed E-state index contributed by atoms with van der Waals surface area (Å²) in [4.78, 5) is 18.1. The molecular formula is C12H17N3O2. The van der Waals surface area contributed by atoms with E-state index in [1.807, 2.05) is 0 Å². The van der Waals surface area contributed by atoms with E-state index in [4.69, 9.17) is 10.5 Å². The fourth-order valence-corrected chi connectivity index (χ4v) is 2.08. The number of carbonyl (C=O) groups excluding carboxylic acids is 1. The van der Waals surface area contributed by atoms with Gasteiger partial charge in [-0.2, -0.15) is 0 Å². The van der Waals surface area contributed by atoms with Gasteiger partial charge in [-0.15, -0.1) is 0 Å². The molecule has 5 heteroatoms. The van der Waals surface area contributed by atoms with E-state index in [1.165, 1.54) is 7.11 Å². The van der Waals surface area contributed by atoms with Crippen molar-refractivity contribution in [2.75, 3.05) is 20.2 Å². The van der Waals surface area contributed by atoms with E-state index in [1.54, 1.807) is 23.2 Å². The maximum atomic E-state index is 12.3. The third kappa shape index (κ3) is 2.55. The van der Waals surface area contributed by atoms with Gasteiger partial charge < -0.3 is 15.4 Å². The summed E-state index contributed by atoms with van der Waals surface area (Å²) < 4.78 is 5.09. The van der Waals surface area contributed by atoms with Gasteiger partial charge in [0.05, 0.1) is 7.11 Å². The lowest BCUT2D eigenvalue weighted by atomic mass is 10.1. The van der Waals surface area contributed by atoms with Gasteiger partial charge in [0.25, 0.3) is 5.91 Å². The van der Waals surface area contributed by atoms with E-state index in [2.05, 4.69) is 4.98 Å². The molecule has 2 N–H and O–H groups in total. The molecule has 1 saturated heterocycles. The molecule has 17 heavy (non-hydrogen) atoms. The molecule has 5 nitrogen and oxygen atoms in total. The number of aromatic nitrogens is 1. The first-order chi connectivity index (χ1) is 8.22. The Kier molecular flexibility index (Phi) is 3.58. The number of hydrogen-bond acceptors (Lipinski definition) is 4. The average molecular weight is 235 g/mol. The van der Waals surface area contributed by atoms with Crippen molar-refractivity contribution < 1.29 is 9.53 Å². The maximum Gasteiger partial charge on any atom is 0.259 e. The van der Waals surface area contributed by atoms with Crippen molar-refractivity contribution in [3.8, 4) is 5.88 Å². The van der Waals surface area contributed by atoms with Crippen LogP contribution in [0.3, 0.4) is 0 Å². The molecule has 1 aromatic heterocycles. The number of carbonyl (C=O) groups is 1. The average Bonchev–Trinajstić information content (AvgIpc) is 2.38. The van der Waals surface area contributed by atoms with Crippen LogP contribution in [0.25, 0.3) is 0 Å². The molecule has 1 fully saturated rings. The second kappa shape index (κ2) is 5.14. The quantitative estimate of drug-likeness (QED) is 0.817. The van der Waals surface area contributed by atoms with Crippen LogP contribution in [0.5, 0.6) is 5.88 Å². The number of pyridine rings is 1. The molecule has 0 aromatic carbocycles. The predicted molar refractivity (Wildman–Crippen MR) is 63.9 cm³/mol. The summed E-state index contributed by atoms with van der Waals surface area (Å²) >= 11 is 0. The third-order valence-corrected chi connectivity index (χ3v) is 2.94. The molecule has 0 aliphatic carbocycles. The zero-order valence-corrected chi connectivity index (χ0v) is 9.93. The van der Waals surface area contributed by atoms with Crippen LogP contribution in [0.1, 0.15) is 23.2 Å². The second-order valence-electron chi connectivity index (χ2n) is 4.21. The van der Waals surface area contributed by atoms with Crippen molar-refractivity contribution in [2.45, 2.75) is 18.9 Å². The van der Waals surface area contributed by atoms with E-state index >= 15 is 0 Å². The molecule has 1 aromatic rings. The smallest absolute Gasteiger partial charge is 0.259 e. The van der Waals surface area contributed by atoms with Crippen LogP contribution in [0.4, 0.5) is 0 Å². The number of nitrogens with zero attached hydrogens (tertiary/aromatic N) is 2. The summed E-state index contributed by atoms with van der Waals surface area (Å²) in [5.74, 6) is 0.321. The molecule has 0 saturated carbocycles. The molecule has 2 heterocycles. The number of likely N-dealkylation sites (tertiary alicyclic amines) is 1. The van der Waals surface area contributed by atoms with Gasteiger partial charge in [0.2, 0.25) is 5.88 Å². The summed E-state index contributed by atoms with van der Waals surface area (Å²) in [6, 6.07) is 3.55. The van der Waals surface area contributed by atoms with E-state index in [0.29, 0.717) is 18.0 Å². The number of piperidine rings is 1. The summed E-state index contributed by atoms with van der Waals surface area (Å²) in [5.41, 5.74) is 6.37. The SMILES string of the molecule is COc1ncccc1C(=O)N1CCCC(N)C1. The Morgan fingerprint density at radius 3 is 3.18 bits per heavy atom. The van der Waals surface area contributed by atoms with Crippen molar-refractivity contribution >= 4 is 5.91 Å². The molecule has 0 radical (unpaired) electrons. The molecule has 1 unspecified atom stereocenters. The van der Waals surface area contributed by atoms with Gasteiger partial charge in [-0.25, -0.2) is 4.98 Å². The number of ether oxygens (including phenoxy) is 1. The minimum absolute atomic E-state index is 0.0508. The van der Waals surface area contributed by atoms with Crippen LogP contribution in [0.15, 0.2) is 18.3 Å². The fraction of sp³-hybridized carbons (Fsp3) is 0.500. The standard InChI is InChI=1S/C12H17N3O2/c1-17-11-10(5-2-6-14-11)12(16)15-7-3-4-9(13)8-15/h2,5-6,9H,3-4,7-8,13H2,1H3. The summed E-state index contributed by atoms with van der Waals surface area (Å²) in [6.45, 7) is 1.36. The lowest BCUT2D eigenvalue weighted by Gasteiger charge is -2.30. The van der Waals surface area contributed by atoms with Crippen LogP contribution >= 0.6 is 0 Å². The zero-order chi connectivity index (χ0) is 12.3. The first-order valence-corrected chi connectivity index (χ1v) is 5.76. The van der Waals surface area contributed by atoms with Crippen molar-refractivity contribution in [3.05, 3.63) is 23.9 Å². The lowest BCUT2D eigenvalue weighted by molar-refractivity contribution is 0.0704. The number of hydrogen-bond donors (Lipinski definition) is 1. The lowest BCUT2D eigenvalue weighted by Crippen LogP contribution is -2.45. The Labute approximate surface area is 101 Å². The topological polar surface area (TPSA) is 68.5 Å². The van der Waals surface area contributed by atoms with E-state index in [-0.39, 0.29) is 11.9 Å². The fourth-order valence-electron chi connectivity index (χ4n) is 2.08. The van der Waals surface area contributed by atoms with Gasteiger partial charge in [-0.3, -0.25) is 4.79 Å². The highest BCUT2D eigenvalue weighted by molar-refractivity contribution is 5.96. The molecule has 92 valence electrons. The minimum Gasteiger partial charge on any atom is -0.480 e. The van der Waals surface area contributed by atoms with E-state index < -0.39 is 0 Å². The second-order valence-corrected chi connectivity index (χ2v) is 4.21. The highest BCUT2D eigenvalue weighted by atomic mass is 16.5. The van der Waals surface area contributed by atoms with Crippen LogP contribution in [0, 0.1) is 0 Å². The van der Waals surface area contributed by atoms with E-state index in [9.17, 15) is 4.79 Å². The minimum atomic E-state index is -0.0508. The molecule has 0 spiro atoms. The molecule has 1 atom stereocenters. The normalized spacial score (nSPS) is 20.1. The molecule has 1 amide bonds. The number of nitrogens with two attached hydrogens (primary N) is 1. The van der Waals surface area contributed by atoms with Crippen molar-refractivity contribution in [1.29, 1.82) is 0 Å². The van der Waals surface area contributed by atoms with E-state index in [0.717, 1.165) is 19.4 Å². The molecule has 2 rings (SSSR count). The van der Waals surface area contributed by atoms with Gasteiger partial charge in [0, 0.05) is 25.3 Å². The van der Waals surface area contributed by atoms with Crippen LogP contribution in [-0.4, -0.2) is 42.0 Å². The monoisotopic (exact) mass is 235 g/mol. The molecular weight excluding hydrogens is 218 g/mol. The Hall–Kier alpha value is -1.62. The Balaban J connectivity index is 2.18. The third-order valence-electron chi connectivity index (χ3n) is 2.94. The Morgan fingerprint density at radius 2 is 2.47 bits per heavy atom. The van der Waals surface area contributed by atoms with Crippen molar-refractivity contribution in [2.24, 2.45) is 5.73 Å². The van der Waals surface area contributed by atoms with Gasteiger partial charge in [-0.05, 0) is 25.0 Å². The first kappa shape index (κ1) is 11.9. The van der Waals surface area contributed by atoms with Crippen LogP contribution < -0.4 is 10.5 Å². The van der Waals surface area contributed by atoms with Crippen molar-refractivity contribution in [1.82, 2.24) is 9.88 Å². The summed E-state index contributed by atoms with van der Waals surface area (Å²) in [6.07, 6.45) is 3.54. The van der Waals surface area contributed by atoms with Gasteiger partial charge in [-0.1, -0.05) is 0 Å². The highest BCUT2D eigenvalue weighted by Crippen LogP contribution is 2.18. The zero-order valence-electron chi connectivity index (χ0n) is 9.93. The summed E-state index contributed by atoms with van der Waals surface area (Å²) in [7, 11) is 1.51. The molecule has 1 aliphatic rings. The van der Waals surface area contributed by atoms with Gasteiger partial charge >= 0.3 is 0 Å². The number of amides is 1. The Bertz CT molecular complexity index is 408. The van der Waals surface area contributed by atoms with Crippen molar-refractivity contribution in [3.63, 3.8) is 0 Å². The summed E-state index contributed by atoms with van der Waals surface area (Å²) in [5, 5.41) is 0. The first-order valence-electron chi connectivity index (χ1n) is 5.76. The van der Waals surface area contributed by atoms with Gasteiger partial charge in [0.15, 0.2) is 0 Å². The number of rotatable bonds is 2. The maximum absolute atomic E-state index is 12.3. The van der Waals surface area contributed by atoms with Crippen LogP contribution in [-0.2, 0) is 0 Å². The highest BCUT2D eigenvalue weighted by Gasteiger charge is 2.24. The number of methoxy groups -OCH3 is 1. The predicted octanol–water partition coefficient (Wildman–Crippen LogP) is 0.654. The van der Waals surface area contributed by atoms with Crippen LogP contribution in [0.2, 0.25) is 0 Å². The van der Waals surface area contributed by atoms with Gasteiger partial charge in [0.1, 0.15) is 5.56 Å². The molecule has 0 bridgehead atoms. The largest absolute Gasteiger partial charge is 0.480 e.